The van der Waals surface area contributed by atoms with Crippen LogP contribution < -0.4 is 4.72 Å². The Bertz CT molecular complexity index is 1260. The molecular weight excluding hydrogens is 380 g/mol. The summed E-state index contributed by atoms with van der Waals surface area (Å²) in [6.45, 7) is 0.284. The van der Waals surface area contributed by atoms with Crippen molar-refractivity contribution in [3.8, 4) is 0 Å². The number of sulfonamides is 1. The molecule has 0 saturated carbocycles. The average molecular weight is 405 g/mol. The van der Waals surface area contributed by atoms with E-state index in [1.54, 1.807) is 12.1 Å². The van der Waals surface area contributed by atoms with Gasteiger partial charge in [-0.2, -0.15) is 0 Å². The molecular formula is C24H24N2O2S. The van der Waals surface area contributed by atoms with Crippen molar-refractivity contribution in [2.24, 2.45) is 0 Å². The van der Waals surface area contributed by atoms with Crippen LogP contribution in [-0.2, 0) is 10.0 Å². The fourth-order valence-corrected chi connectivity index (χ4v) is 5.07. The van der Waals surface area contributed by atoms with Crippen molar-refractivity contribution in [1.29, 1.82) is 0 Å². The number of nitrogens with zero attached hydrogens (tertiary/aromatic N) is 1. The number of hydrogen-bond donors (Lipinski definition) is 1. The summed E-state index contributed by atoms with van der Waals surface area (Å²) in [4.78, 5) is 2.36. The summed E-state index contributed by atoms with van der Waals surface area (Å²) in [7, 11) is 0.288. The Morgan fingerprint density at radius 3 is 2.00 bits per heavy atom. The lowest BCUT2D eigenvalue weighted by atomic mass is 9.98. The Labute approximate surface area is 171 Å². The van der Waals surface area contributed by atoms with E-state index < -0.39 is 10.0 Å². The minimum atomic E-state index is -3.65. The molecule has 1 atom stereocenters. The highest BCUT2D eigenvalue weighted by molar-refractivity contribution is 7.89. The third-order valence-corrected chi connectivity index (χ3v) is 6.79. The van der Waals surface area contributed by atoms with Gasteiger partial charge in [-0.1, -0.05) is 78.9 Å². The second-order valence-corrected chi connectivity index (χ2v) is 9.11. The first-order valence-electron chi connectivity index (χ1n) is 9.59. The third kappa shape index (κ3) is 3.90. The molecule has 0 aromatic heterocycles. The van der Waals surface area contributed by atoms with E-state index in [1.165, 1.54) is 0 Å². The van der Waals surface area contributed by atoms with Crippen molar-refractivity contribution in [2.75, 3.05) is 20.6 Å². The monoisotopic (exact) mass is 404 g/mol. The van der Waals surface area contributed by atoms with Crippen molar-refractivity contribution >= 4 is 31.6 Å². The van der Waals surface area contributed by atoms with Gasteiger partial charge in [-0.05, 0) is 41.9 Å². The highest BCUT2D eigenvalue weighted by Crippen LogP contribution is 2.28. The molecule has 0 heterocycles. The van der Waals surface area contributed by atoms with Crippen LogP contribution in [0.25, 0.3) is 21.5 Å². The van der Waals surface area contributed by atoms with Gasteiger partial charge in [0.15, 0.2) is 0 Å². The molecule has 0 amide bonds. The molecule has 0 fully saturated rings. The molecule has 0 radical (unpaired) electrons. The van der Waals surface area contributed by atoms with E-state index in [0.29, 0.717) is 4.90 Å². The maximum atomic E-state index is 13.1. The van der Waals surface area contributed by atoms with Crippen LogP contribution in [0.3, 0.4) is 0 Å². The highest BCUT2D eigenvalue weighted by Gasteiger charge is 2.22. The number of fused-ring (bicyclic) bond motifs is 2. The van der Waals surface area contributed by atoms with Gasteiger partial charge in [0.05, 0.1) is 4.90 Å². The van der Waals surface area contributed by atoms with Gasteiger partial charge in [-0.3, -0.25) is 0 Å². The van der Waals surface area contributed by atoms with Crippen LogP contribution in [0, 0.1) is 0 Å². The summed E-state index contributed by atoms with van der Waals surface area (Å²) < 4.78 is 29.1. The van der Waals surface area contributed by atoms with E-state index in [1.807, 2.05) is 67.5 Å². The first kappa shape index (κ1) is 19.6. The summed E-state index contributed by atoms with van der Waals surface area (Å²) in [6, 6.07) is 27.2. The van der Waals surface area contributed by atoms with Gasteiger partial charge >= 0.3 is 0 Å². The van der Waals surface area contributed by atoms with Crippen molar-refractivity contribution < 1.29 is 8.42 Å². The predicted molar refractivity (Wildman–Crippen MR) is 120 cm³/mol. The summed E-state index contributed by atoms with van der Waals surface area (Å²) >= 11 is 0. The lowest BCUT2D eigenvalue weighted by Gasteiger charge is -2.26. The second kappa shape index (κ2) is 7.95. The molecule has 0 aliphatic rings. The number of likely N-dealkylation sites (N-methyl/N-ethyl adjacent to an activating group) is 1. The molecule has 0 spiro atoms. The SMILES string of the molecule is CN(C)[C@H](CNS(=O)(=O)c1cccc2ccccc12)c1cccc2ccccc12. The van der Waals surface area contributed by atoms with Gasteiger partial charge in [-0.25, -0.2) is 13.1 Å². The van der Waals surface area contributed by atoms with E-state index in [2.05, 4.69) is 29.0 Å². The quantitative estimate of drug-likeness (QED) is 0.512. The smallest absolute Gasteiger partial charge is 0.241 e. The topological polar surface area (TPSA) is 49.4 Å². The van der Waals surface area contributed by atoms with E-state index in [0.717, 1.165) is 27.1 Å². The average Bonchev–Trinajstić information content (AvgIpc) is 2.73. The Balaban J connectivity index is 1.68. The summed E-state index contributed by atoms with van der Waals surface area (Å²) in [5.74, 6) is 0. The van der Waals surface area contributed by atoms with E-state index in [4.69, 9.17) is 0 Å². The zero-order valence-corrected chi connectivity index (χ0v) is 17.4. The maximum absolute atomic E-state index is 13.1. The lowest BCUT2D eigenvalue weighted by Crippen LogP contribution is -2.34. The predicted octanol–water partition coefficient (Wildman–Crippen LogP) is 4.57. The van der Waals surface area contributed by atoms with Crippen molar-refractivity contribution in [3.05, 3.63) is 90.5 Å². The molecule has 1 N–H and O–H groups in total. The van der Waals surface area contributed by atoms with Crippen LogP contribution in [0.5, 0.6) is 0 Å². The van der Waals surface area contributed by atoms with E-state index in [9.17, 15) is 8.42 Å². The van der Waals surface area contributed by atoms with Gasteiger partial charge in [0, 0.05) is 18.0 Å². The molecule has 4 nitrogen and oxygen atoms in total. The summed E-state index contributed by atoms with van der Waals surface area (Å²) in [6.07, 6.45) is 0. The molecule has 0 aliphatic carbocycles. The number of hydrogen-bond acceptors (Lipinski definition) is 3. The molecule has 4 rings (SSSR count). The second-order valence-electron chi connectivity index (χ2n) is 7.38. The molecule has 4 aromatic rings. The molecule has 5 heteroatoms. The molecule has 0 saturated heterocycles. The standard InChI is InChI=1S/C24H24N2O2S/c1-26(2)23(22-15-7-11-18-9-3-5-13-20(18)22)17-25-29(27,28)24-16-8-12-19-10-4-6-14-21(19)24/h3-16,23,25H,17H2,1-2H3/t23-/m1/s1. The van der Waals surface area contributed by atoms with Gasteiger partial charge < -0.3 is 4.90 Å². The zero-order valence-electron chi connectivity index (χ0n) is 16.5. The van der Waals surface area contributed by atoms with Gasteiger partial charge in [0.2, 0.25) is 10.0 Å². The van der Waals surface area contributed by atoms with Crippen LogP contribution in [0.1, 0.15) is 11.6 Å². The highest BCUT2D eigenvalue weighted by atomic mass is 32.2. The third-order valence-electron chi connectivity index (χ3n) is 5.31. The van der Waals surface area contributed by atoms with Crippen LogP contribution in [-0.4, -0.2) is 34.0 Å². The maximum Gasteiger partial charge on any atom is 0.241 e. The largest absolute Gasteiger partial charge is 0.301 e. The molecule has 29 heavy (non-hydrogen) atoms. The molecule has 4 aromatic carbocycles. The summed E-state index contributed by atoms with van der Waals surface area (Å²) in [5, 5.41) is 3.93. The normalized spacial score (nSPS) is 13.2. The molecule has 0 aliphatic heterocycles. The van der Waals surface area contributed by atoms with E-state index in [-0.39, 0.29) is 12.6 Å². The Morgan fingerprint density at radius 1 is 0.759 bits per heavy atom. The number of rotatable bonds is 6. The van der Waals surface area contributed by atoms with Crippen molar-refractivity contribution in [1.82, 2.24) is 9.62 Å². The van der Waals surface area contributed by atoms with Gasteiger partial charge in [0.25, 0.3) is 0 Å². The lowest BCUT2D eigenvalue weighted by molar-refractivity contribution is 0.301. The van der Waals surface area contributed by atoms with Crippen LogP contribution >= 0.6 is 0 Å². The van der Waals surface area contributed by atoms with Crippen LogP contribution in [0.15, 0.2) is 89.8 Å². The van der Waals surface area contributed by atoms with Gasteiger partial charge in [-0.15, -0.1) is 0 Å². The first-order chi connectivity index (χ1) is 14.0. The first-order valence-corrected chi connectivity index (χ1v) is 11.1. The molecule has 148 valence electrons. The van der Waals surface area contributed by atoms with Crippen molar-refractivity contribution in [2.45, 2.75) is 10.9 Å². The van der Waals surface area contributed by atoms with Crippen LogP contribution in [0.2, 0.25) is 0 Å². The Hall–Kier alpha value is -2.73. The fraction of sp³-hybridized carbons (Fsp3) is 0.167. The number of nitrogens with one attached hydrogen (secondary N) is 1. The minimum Gasteiger partial charge on any atom is -0.301 e. The number of benzene rings is 4. The van der Waals surface area contributed by atoms with Crippen LogP contribution in [0.4, 0.5) is 0 Å². The summed E-state index contributed by atoms with van der Waals surface area (Å²) in [5.41, 5.74) is 1.11. The fourth-order valence-electron chi connectivity index (χ4n) is 3.81. The molecule has 0 bridgehead atoms. The Kier molecular flexibility index (Phi) is 5.37. The minimum absolute atomic E-state index is 0.0918. The zero-order chi connectivity index (χ0) is 20.4. The Morgan fingerprint density at radius 2 is 1.31 bits per heavy atom. The van der Waals surface area contributed by atoms with Crippen molar-refractivity contribution in [3.63, 3.8) is 0 Å². The van der Waals surface area contributed by atoms with E-state index >= 15 is 0 Å². The van der Waals surface area contributed by atoms with Gasteiger partial charge in [0.1, 0.15) is 0 Å². The molecule has 0 unspecified atom stereocenters.